The molecule has 8 N–H and O–H groups in total. The highest BCUT2D eigenvalue weighted by Crippen LogP contribution is 2.58. The molecule has 2 aliphatic rings. The van der Waals surface area contributed by atoms with Gasteiger partial charge in [0, 0.05) is 44.3 Å². The van der Waals surface area contributed by atoms with Crippen LogP contribution in [0, 0.1) is 13.8 Å². The maximum absolute atomic E-state index is 15.2. The lowest BCUT2D eigenvalue weighted by atomic mass is 9.68. The Bertz CT molecular complexity index is 3810. The SMILES string of the molecule is Cc1cc(C(F)(F)F)cc(C2(O)c3nc(c(-c4cccc(O)c4)c4ccc([nH]4)c(-c4cccc(O)c4)c4nc(c(-c5cccc(O)c5)c5ccc([nH]5)c3-c3cccc(O)c3)C=C4)C2(O)c2cc(C)cc(C(F)(F)F)c2)c1. The number of hydrogen-bond donors (Lipinski definition) is 8. The molecule has 2 unspecified atom stereocenters. The Morgan fingerprint density at radius 2 is 0.711 bits per heavy atom. The number of nitrogens with zero attached hydrogens (tertiary/aromatic N) is 2. The van der Waals surface area contributed by atoms with E-state index < -0.39 is 57.2 Å². The molecule has 380 valence electrons. The molecule has 0 spiro atoms. The summed E-state index contributed by atoms with van der Waals surface area (Å²) >= 11 is 0. The molecule has 3 aromatic heterocycles. The zero-order valence-electron chi connectivity index (χ0n) is 40.0. The van der Waals surface area contributed by atoms with Crippen LogP contribution in [-0.4, -0.2) is 50.6 Å². The van der Waals surface area contributed by atoms with Gasteiger partial charge >= 0.3 is 12.4 Å². The van der Waals surface area contributed by atoms with Gasteiger partial charge in [0.05, 0.1) is 33.9 Å². The second kappa shape index (κ2) is 17.8. The van der Waals surface area contributed by atoms with Gasteiger partial charge in [-0.05, 0) is 156 Å². The summed E-state index contributed by atoms with van der Waals surface area (Å²) in [6.07, 6.45) is -6.62. The zero-order valence-corrected chi connectivity index (χ0v) is 40.0. The molecule has 0 radical (unpaired) electrons. The number of rotatable bonds is 6. The first kappa shape index (κ1) is 49.1. The third-order valence-corrected chi connectivity index (χ3v) is 13.7. The van der Waals surface area contributed by atoms with Gasteiger partial charge in [0.1, 0.15) is 23.0 Å². The Kier molecular flexibility index (Phi) is 11.5. The average Bonchev–Trinajstić information content (AvgIpc) is 4.38. The molecular formula is C60H42F6N4O6. The Labute approximate surface area is 428 Å². The molecule has 8 bridgehead atoms. The fraction of sp³-hybridized carbons (Fsp3) is 0.100. The number of H-pyrrole nitrogens is 2. The summed E-state index contributed by atoms with van der Waals surface area (Å²) in [7, 11) is 0. The molecule has 9 aromatic rings. The van der Waals surface area contributed by atoms with Crippen LogP contribution in [-0.2, 0) is 23.6 Å². The van der Waals surface area contributed by atoms with Crippen molar-refractivity contribution in [3.8, 4) is 67.5 Å². The minimum Gasteiger partial charge on any atom is -0.508 e. The first-order valence-electron chi connectivity index (χ1n) is 23.6. The number of aryl methyl sites for hydroxylation is 2. The van der Waals surface area contributed by atoms with Crippen LogP contribution in [0.2, 0.25) is 0 Å². The van der Waals surface area contributed by atoms with Gasteiger partial charge in [0.2, 0.25) is 0 Å². The fourth-order valence-electron chi connectivity index (χ4n) is 10.5. The fourth-order valence-corrected chi connectivity index (χ4v) is 10.5. The highest BCUT2D eigenvalue weighted by atomic mass is 19.4. The highest BCUT2D eigenvalue weighted by molar-refractivity contribution is 5.98. The number of phenols is 4. The van der Waals surface area contributed by atoms with E-state index in [-0.39, 0.29) is 67.4 Å². The summed E-state index contributed by atoms with van der Waals surface area (Å²) in [4.78, 5) is 17.1. The van der Waals surface area contributed by atoms with E-state index in [1.54, 1.807) is 60.7 Å². The quantitative estimate of drug-likeness (QED) is 0.0758. The van der Waals surface area contributed by atoms with E-state index in [1.165, 1.54) is 98.8 Å². The van der Waals surface area contributed by atoms with Crippen LogP contribution in [0.25, 0.3) is 78.7 Å². The molecule has 0 aliphatic carbocycles. The standard InChI is InChI=1S/C60H42F6N4O6/c1-31-21-37(29-39(23-31)59(61,62)63)57(75)55-53(35-9-5-13-43(73)27-35)49-19-17-47(68-49)51(33-7-3-11-41(71)25-33)45-15-16-46(67-45)52(34-8-4-12-42(72)26-34)48-18-20-50(69-48)54(36-10-6-14-44(74)28-36)56(70-55)58(57,76)38-22-32(2)24-40(30-38)60(64,65)66/h3-30,68-69,71-76H,1-2H3. The third kappa shape index (κ3) is 8.27. The van der Waals surface area contributed by atoms with Crippen molar-refractivity contribution in [2.45, 2.75) is 37.4 Å². The first-order chi connectivity index (χ1) is 36.1. The number of halogens is 6. The Hall–Kier alpha value is -9.12. The van der Waals surface area contributed by atoms with Crippen LogP contribution in [0.15, 0.2) is 158 Å². The Morgan fingerprint density at radius 3 is 1.03 bits per heavy atom. The number of benzene rings is 6. The summed E-state index contributed by atoms with van der Waals surface area (Å²) < 4.78 is 91.0. The summed E-state index contributed by atoms with van der Waals surface area (Å²) in [5.41, 5.74) is -8.44. The molecule has 10 nitrogen and oxygen atoms in total. The van der Waals surface area contributed by atoms with Gasteiger partial charge in [0.15, 0.2) is 11.2 Å². The van der Waals surface area contributed by atoms with Crippen molar-refractivity contribution in [3.63, 3.8) is 0 Å². The first-order valence-corrected chi connectivity index (χ1v) is 23.6. The molecule has 76 heavy (non-hydrogen) atoms. The average molecular weight is 1030 g/mol. The topological polar surface area (TPSA) is 179 Å². The van der Waals surface area contributed by atoms with Crippen molar-refractivity contribution in [1.29, 1.82) is 0 Å². The number of fused-ring (bicyclic) bond motifs is 8. The molecule has 11 rings (SSSR count). The number of aromatic hydroxyl groups is 4. The van der Waals surface area contributed by atoms with E-state index >= 15 is 26.3 Å². The van der Waals surface area contributed by atoms with Gasteiger partial charge in [-0.2, -0.15) is 26.3 Å². The van der Waals surface area contributed by atoms with Crippen molar-refractivity contribution >= 4 is 34.2 Å². The zero-order chi connectivity index (χ0) is 53.6. The van der Waals surface area contributed by atoms with Crippen LogP contribution < -0.4 is 0 Å². The van der Waals surface area contributed by atoms with Crippen LogP contribution in [0.3, 0.4) is 0 Å². The van der Waals surface area contributed by atoms with Crippen molar-refractivity contribution < 1.29 is 57.0 Å². The van der Waals surface area contributed by atoms with Gasteiger partial charge in [-0.1, -0.05) is 71.8 Å². The molecule has 5 heterocycles. The molecule has 6 aromatic carbocycles. The lowest BCUT2D eigenvalue weighted by molar-refractivity contribution is -0.139. The minimum atomic E-state index is -5.06. The van der Waals surface area contributed by atoms with E-state index in [9.17, 15) is 30.6 Å². The number of alkyl halides is 6. The lowest BCUT2D eigenvalue weighted by Crippen LogP contribution is -2.48. The number of aliphatic hydroxyl groups is 2. The predicted molar refractivity (Wildman–Crippen MR) is 277 cm³/mol. The predicted octanol–water partition coefficient (Wildman–Crippen LogP) is 13.8. The molecule has 0 amide bonds. The van der Waals surface area contributed by atoms with Crippen LogP contribution in [0.1, 0.15) is 56.2 Å². The lowest BCUT2D eigenvalue weighted by Gasteiger charge is -2.40. The minimum absolute atomic E-state index is 0.0546. The molecule has 0 saturated carbocycles. The van der Waals surface area contributed by atoms with Crippen LogP contribution >= 0.6 is 0 Å². The van der Waals surface area contributed by atoms with Gasteiger partial charge < -0.3 is 40.6 Å². The van der Waals surface area contributed by atoms with E-state index in [1.807, 2.05) is 0 Å². The van der Waals surface area contributed by atoms with Gasteiger partial charge in [-0.3, -0.25) is 0 Å². The normalized spacial score (nSPS) is 16.6. The summed E-state index contributed by atoms with van der Waals surface area (Å²) in [5.74, 6) is -0.805. The van der Waals surface area contributed by atoms with Crippen molar-refractivity contribution in [1.82, 2.24) is 19.9 Å². The number of aromatic amines is 2. The summed E-state index contributed by atoms with van der Waals surface area (Å²) in [5, 5.41) is 73.0. The van der Waals surface area contributed by atoms with E-state index in [0.717, 1.165) is 12.1 Å². The number of phenolic OH excluding ortho intramolecular Hbond substituents is 4. The smallest absolute Gasteiger partial charge is 0.416 e. The molecule has 2 aliphatic heterocycles. The van der Waals surface area contributed by atoms with E-state index in [2.05, 4.69) is 9.97 Å². The van der Waals surface area contributed by atoms with Crippen LogP contribution in [0.5, 0.6) is 23.0 Å². The second-order valence-corrected chi connectivity index (χ2v) is 18.9. The van der Waals surface area contributed by atoms with Crippen LogP contribution in [0.4, 0.5) is 26.3 Å². The molecule has 16 heteroatoms. The third-order valence-electron chi connectivity index (χ3n) is 13.7. The van der Waals surface area contributed by atoms with Gasteiger partial charge in [-0.15, -0.1) is 0 Å². The maximum atomic E-state index is 15.2. The summed E-state index contributed by atoms with van der Waals surface area (Å²) in [6, 6.07) is 35.6. The highest BCUT2D eigenvalue weighted by Gasteiger charge is 2.62. The van der Waals surface area contributed by atoms with Gasteiger partial charge in [-0.25, -0.2) is 9.97 Å². The number of nitrogens with one attached hydrogen (secondary N) is 2. The monoisotopic (exact) mass is 1030 g/mol. The number of aromatic nitrogens is 4. The van der Waals surface area contributed by atoms with E-state index in [0.29, 0.717) is 56.8 Å². The largest absolute Gasteiger partial charge is 0.508 e. The number of hydrogen-bond acceptors (Lipinski definition) is 8. The maximum Gasteiger partial charge on any atom is 0.416 e. The molecular weight excluding hydrogens is 987 g/mol. The Morgan fingerprint density at radius 1 is 0.395 bits per heavy atom. The van der Waals surface area contributed by atoms with Gasteiger partial charge in [0.25, 0.3) is 0 Å². The van der Waals surface area contributed by atoms with Crippen molar-refractivity contribution in [3.05, 3.63) is 214 Å². The van der Waals surface area contributed by atoms with Crippen molar-refractivity contribution in [2.75, 3.05) is 0 Å². The molecule has 2 atom stereocenters. The van der Waals surface area contributed by atoms with E-state index in [4.69, 9.17) is 9.97 Å². The Balaban J connectivity index is 1.46. The van der Waals surface area contributed by atoms with Crippen molar-refractivity contribution in [2.24, 2.45) is 0 Å². The second-order valence-electron chi connectivity index (χ2n) is 18.9. The molecule has 0 saturated heterocycles. The summed E-state index contributed by atoms with van der Waals surface area (Å²) in [6.45, 7) is 2.66. The molecule has 0 fully saturated rings.